The molecule has 2 aromatic heterocycles. The molecule has 1 fully saturated rings. The minimum Gasteiger partial charge on any atom is -0.350 e. The number of pyridine rings is 1. The molecule has 0 atom stereocenters. The van der Waals surface area contributed by atoms with Crippen LogP contribution in [0.3, 0.4) is 0 Å². The highest BCUT2D eigenvalue weighted by atomic mass is 32.2. The summed E-state index contributed by atoms with van der Waals surface area (Å²) in [6.45, 7) is 1.22. The second kappa shape index (κ2) is 7.10. The topological polar surface area (TPSA) is 108 Å². The zero-order valence-corrected chi connectivity index (χ0v) is 13.9. The molecule has 0 aliphatic carbocycles. The number of rotatable bonds is 6. The van der Waals surface area contributed by atoms with Crippen LogP contribution in [-0.2, 0) is 10.0 Å². The summed E-state index contributed by atoms with van der Waals surface area (Å²) in [5, 5.41) is 9.37. The summed E-state index contributed by atoms with van der Waals surface area (Å²) in [5.74, 6) is -0.469. The third-order valence-corrected chi connectivity index (χ3v) is 5.77. The zero-order chi connectivity index (χ0) is 17.0. The summed E-state index contributed by atoms with van der Waals surface area (Å²) in [7, 11) is -3.29. The van der Waals surface area contributed by atoms with E-state index in [1.807, 2.05) is 0 Å². The molecule has 0 unspecified atom stereocenters. The smallest absolute Gasteiger partial charge is 0.269 e. The maximum atomic E-state index is 12.1. The summed E-state index contributed by atoms with van der Waals surface area (Å²) in [6.07, 6.45) is 5.09. The van der Waals surface area contributed by atoms with Crippen LogP contribution in [0.2, 0.25) is 0 Å². The molecule has 0 saturated carbocycles. The van der Waals surface area contributed by atoms with E-state index in [9.17, 15) is 13.2 Å². The van der Waals surface area contributed by atoms with Gasteiger partial charge in [-0.3, -0.25) is 14.9 Å². The maximum Gasteiger partial charge on any atom is 0.269 e. The Balaban J connectivity index is 1.55. The molecule has 2 N–H and O–H groups in total. The number of nitrogens with one attached hydrogen (secondary N) is 2. The number of sulfonamides is 1. The van der Waals surface area contributed by atoms with Gasteiger partial charge in [0.2, 0.25) is 10.0 Å². The first-order valence-corrected chi connectivity index (χ1v) is 9.39. The van der Waals surface area contributed by atoms with Gasteiger partial charge in [-0.1, -0.05) is 0 Å². The Hall–Kier alpha value is -2.26. The van der Waals surface area contributed by atoms with Crippen molar-refractivity contribution in [2.75, 3.05) is 25.4 Å². The summed E-state index contributed by atoms with van der Waals surface area (Å²) in [6, 6.07) is 5.21. The van der Waals surface area contributed by atoms with Crippen LogP contribution in [0.4, 0.5) is 0 Å². The molecule has 8 nitrogen and oxygen atoms in total. The quantitative estimate of drug-likeness (QED) is 0.795. The second-order valence-corrected chi connectivity index (χ2v) is 7.67. The van der Waals surface area contributed by atoms with Crippen LogP contribution in [0, 0.1) is 0 Å². The lowest BCUT2D eigenvalue weighted by molar-refractivity contribution is 0.0951. The minimum absolute atomic E-state index is 0.0707. The molecule has 1 saturated heterocycles. The van der Waals surface area contributed by atoms with E-state index in [0.29, 0.717) is 24.5 Å². The van der Waals surface area contributed by atoms with Gasteiger partial charge in [0, 0.05) is 37.6 Å². The fraction of sp³-hybridized carbons (Fsp3) is 0.400. The SMILES string of the molecule is O=C(NCCS(=O)(=O)N1CCCC1)c1cc(-c2ccncc2)n[nH]1. The highest BCUT2D eigenvalue weighted by molar-refractivity contribution is 7.89. The third-order valence-electron chi connectivity index (χ3n) is 3.90. The summed E-state index contributed by atoms with van der Waals surface area (Å²) >= 11 is 0. The molecular formula is C15H19N5O3S. The number of hydrogen-bond donors (Lipinski definition) is 2. The number of aromatic amines is 1. The summed E-state index contributed by atoms with van der Waals surface area (Å²) in [5.41, 5.74) is 1.77. The van der Waals surface area contributed by atoms with Gasteiger partial charge in [0.25, 0.3) is 5.91 Å². The Bertz CT molecular complexity index is 798. The van der Waals surface area contributed by atoms with Crippen molar-refractivity contribution in [3.8, 4) is 11.3 Å². The van der Waals surface area contributed by atoms with Gasteiger partial charge in [0.1, 0.15) is 5.69 Å². The number of amides is 1. The Labute approximate surface area is 140 Å². The highest BCUT2D eigenvalue weighted by Crippen LogP contribution is 2.16. The molecule has 0 bridgehead atoms. The van der Waals surface area contributed by atoms with Gasteiger partial charge >= 0.3 is 0 Å². The molecule has 0 spiro atoms. The number of hydrogen-bond acceptors (Lipinski definition) is 5. The van der Waals surface area contributed by atoms with Crippen molar-refractivity contribution >= 4 is 15.9 Å². The van der Waals surface area contributed by atoms with E-state index in [2.05, 4.69) is 20.5 Å². The Morgan fingerprint density at radius 2 is 1.96 bits per heavy atom. The van der Waals surface area contributed by atoms with E-state index in [1.165, 1.54) is 4.31 Å². The fourth-order valence-electron chi connectivity index (χ4n) is 2.59. The van der Waals surface area contributed by atoms with E-state index >= 15 is 0 Å². The molecule has 1 aliphatic rings. The predicted molar refractivity (Wildman–Crippen MR) is 88.7 cm³/mol. The van der Waals surface area contributed by atoms with Crippen molar-refractivity contribution in [1.29, 1.82) is 0 Å². The van der Waals surface area contributed by atoms with Gasteiger partial charge in [-0.05, 0) is 31.0 Å². The van der Waals surface area contributed by atoms with Gasteiger partial charge in [-0.15, -0.1) is 0 Å². The van der Waals surface area contributed by atoms with Crippen molar-refractivity contribution in [3.05, 3.63) is 36.3 Å². The molecule has 0 radical (unpaired) electrons. The lowest BCUT2D eigenvalue weighted by atomic mass is 10.2. The van der Waals surface area contributed by atoms with Crippen LogP contribution in [0.15, 0.2) is 30.6 Å². The van der Waals surface area contributed by atoms with E-state index in [1.54, 1.807) is 30.6 Å². The van der Waals surface area contributed by atoms with Gasteiger partial charge < -0.3 is 5.32 Å². The van der Waals surface area contributed by atoms with Crippen molar-refractivity contribution < 1.29 is 13.2 Å². The van der Waals surface area contributed by atoms with Gasteiger partial charge in [0.05, 0.1) is 11.4 Å². The first kappa shape index (κ1) is 16.6. The van der Waals surface area contributed by atoms with E-state index < -0.39 is 10.0 Å². The van der Waals surface area contributed by atoms with E-state index in [0.717, 1.165) is 18.4 Å². The first-order chi connectivity index (χ1) is 11.6. The second-order valence-electron chi connectivity index (χ2n) is 5.58. The number of carbonyl (C=O) groups is 1. The lowest BCUT2D eigenvalue weighted by Gasteiger charge is -2.15. The maximum absolute atomic E-state index is 12.1. The molecule has 2 aromatic rings. The number of H-pyrrole nitrogens is 1. The average molecular weight is 349 g/mol. The molecule has 128 valence electrons. The normalized spacial score (nSPS) is 15.5. The van der Waals surface area contributed by atoms with Gasteiger partial charge in [0.15, 0.2) is 0 Å². The molecular weight excluding hydrogens is 330 g/mol. The molecule has 1 aliphatic heterocycles. The van der Waals surface area contributed by atoms with Crippen LogP contribution in [-0.4, -0.2) is 59.2 Å². The van der Waals surface area contributed by atoms with Gasteiger partial charge in [-0.2, -0.15) is 5.10 Å². The van der Waals surface area contributed by atoms with Crippen molar-refractivity contribution in [1.82, 2.24) is 24.8 Å². The predicted octanol–water partition coefficient (Wildman–Crippen LogP) is 0.627. The largest absolute Gasteiger partial charge is 0.350 e. The number of nitrogens with zero attached hydrogens (tertiary/aromatic N) is 3. The van der Waals surface area contributed by atoms with Crippen molar-refractivity contribution in [2.24, 2.45) is 0 Å². The van der Waals surface area contributed by atoms with Crippen LogP contribution >= 0.6 is 0 Å². The zero-order valence-electron chi connectivity index (χ0n) is 13.1. The van der Waals surface area contributed by atoms with Crippen LogP contribution in [0.25, 0.3) is 11.3 Å². The monoisotopic (exact) mass is 349 g/mol. The summed E-state index contributed by atoms with van der Waals surface area (Å²) < 4.78 is 25.7. The molecule has 24 heavy (non-hydrogen) atoms. The standard InChI is InChI=1S/C15H19N5O3S/c21-15(17-7-10-24(22,23)20-8-1-2-9-20)14-11-13(18-19-14)12-3-5-16-6-4-12/h3-6,11H,1-2,7-10H2,(H,17,21)(H,18,19). The Morgan fingerprint density at radius 3 is 2.67 bits per heavy atom. The first-order valence-electron chi connectivity index (χ1n) is 7.78. The van der Waals surface area contributed by atoms with Gasteiger partial charge in [-0.25, -0.2) is 12.7 Å². The minimum atomic E-state index is -3.29. The van der Waals surface area contributed by atoms with E-state index in [-0.39, 0.29) is 18.2 Å². The summed E-state index contributed by atoms with van der Waals surface area (Å²) in [4.78, 5) is 16.0. The van der Waals surface area contributed by atoms with Crippen LogP contribution in [0.1, 0.15) is 23.3 Å². The third kappa shape index (κ3) is 3.80. The Kier molecular flexibility index (Phi) is 4.91. The lowest BCUT2D eigenvalue weighted by Crippen LogP contribution is -2.36. The molecule has 3 heterocycles. The number of carbonyl (C=O) groups excluding carboxylic acids is 1. The molecule has 1 amide bonds. The molecule has 3 rings (SSSR count). The van der Waals surface area contributed by atoms with Crippen LogP contribution < -0.4 is 5.32 Å². The molecule has 9 heteroatoms. The Morgan fingerprint density at radius 1 is 1.25 bits per heavy atom. The van der Waals surface area contributed by atoms with Crippen LogP contribution in [0.5, 0.6) is 0 Å². The van der Waals surface area contributed by atoms with E-state index in [4.69, 9.17) is 0 Å². The number of aromatic nitrogens is 3. The van der Waals surface area contributed by atoms with Crippen molar-refractivity contribution in [3.63, 3.8) is 0 Å². The van der Waals surface area contributed by atoms with Crippen molar-refractivity contribution in [2.45, 2.75) is 12.8 Å². The average Bonchev–Trinajstić information content (AvgIpc) is 3.27. The molecule has 0 aromatic carbocycles. The highest BCUT2D eigenvalue weighted by Gasteiger charge is 2.25. The fourth-order valence-corrected chi connectivity index (χ4v) is 4.03.